The molecule has 2 aromatic carbocycles. The van der Waals surface area contributed by atoms with Gasteiger partial charge in [-0.2, -0.15) is 0 Å². The lowest BCUT2D eigenvalue weighted by molar-refractivity contribution is 0.415. The number of fused-ring (bicyclic) bond motifs is 1. The Labute approximate surface area is 98.6 Å². The molecule has 0 saturated carbocycles. The van der Waals surface area contributed by atoms with Gasteiger partial charge in [-0.15, -0.1) is 23.2 Å². The van der Waals surface area contributed by atoms with E-state index < -0.39 is 4.84 Å². The summed E-state index contributed by atoms with van der Waals surface area (Å²) in [6.45, 7) is 0. The molecule has 0 radical (unpaired) electrons. The Kier molecular flexibility index (Phi) is 3.03. The molecule has 2 aromatic rings. The van der Waals surface area contributed by atoms with E-state index in [0.717, 1.165) is 22.1 Å². The van der Waals surface area contributed by atoms with Crippen molar-refractivity contribution in [2.45, 2.75) is 4.84 Å². The van der Waals surface area contributed by atoms with Gasteiger partial charge in [0.25, 0.3) is 0 Å². The highest BCUT2D eigenvalue weighted by atomic mass is 35.5. The van der Waals surface area contributed by atoms with Crippen molar-refractivity contribution in [3.63, 3.8) is 0 Å². The maximum Gasteiger partial charge on any atom is 0.132 e. The van der Waals surface area contributed by atoms with E-state index in [-0.39, 0.29) is 0 Å². The third-order valence-corrected chi connectivity index (χ3v) is 2.83. The summed E-state index contributed by atoms with van der Waals surface area (Å²) < 4.78 is 5.15. The van der Waals surface area contributed by atoms with E-state index in [9.17, 15) is 0 Å². The van der Waals surface area contributed by atoms with Crippen LogP contribution in [0.1, 0.15) is 10.4 Å². The van der Waals surface area contributed by atoms with Crippen LogP contribution in [0.15, 0.2) is 36.4 Å². The van der Waals surface area contributed by atoms with Crippen LogP contribution in [-0.2, 0) is 0 Å². The number of alkyl halides is 2. The van der Waals surface area contributed by atoms with Gasteiger partial charge in [0.1, 0.15) is 10.6 Å². The smallest absolute Gasteiger partial charge is 0.132 e. The van der Waals surface area contributed by atoms with E-state index in [0.29, 0.717) is 0 Å². The number of hydrogen-bond donors (Lipinski definition) is 0. The molecule has 15 heavy (non-hydrogen) atoms. The van der Waals surface area contributed by atoms with Crippen molar-refractivity contribution in [3.8, 4) is 5.75 Å². The van der Waals surface area contributed by atoms with Crippen LogP contribution in [0, 0.1) is 0 Å². The van der Waals surface area contributed by atoms with Crippen molar-refractivity contribution in [3.05, 3.63) is 42.0 Å². The molecule has 0 aliphatic heterocycles. The Balaban J connectivity index is 2.55. The fraction of sp³-hybridized carbons (Fsp3) is 0.167. The molecule has 0 fully saturated rings. The van der Waals surface area contributed by atoms with Gasteiger partial charge >= 0.3 is 0 Å². The van der Waals surface area contributed by atoms with Crippen molar-refractivity contribution < 1.29 is 4.74 Å². The van der Waals surface area contributed by atoms with Crippen LogP contribution in [0.5, 0.6) is 5.75 Å². The van der Waals surface area contributed by atoms with E-state index in [1.165, 1.54) is 0 Å². The predicted molar refractivity (Wildman–Crippen MR) is 64.9 cm³/mol. The monoisotopic (exact) mass is 240 g/mol. The molecule has 0 spiro atoms. The molecular weight excluding hydrogens is 231 g/mol. The van der Waals surface area contributed by atoms with Crippen molar-refractivity contribution in [1.82, 2.24) is 0 Å². The van der Waals surface area contributed by atoms with Crippen LogP contribution in [0.3, 0.4) is 0 Å². The van der Waals surface area contributed by atoms with E-state index in [1.807, 2.05) is 36.4 Å². The van der Waals surface area contributed by atoms with E-state index >= 15 is 0 Å². The summed E-state index contributed by atoms with van der Waals surface area (Å²) in [7, 11) is 1.66. The number of hydrogen-bond acceptors (Lipinski definition) is 1. The average Bonchev–Trinajstić information content (AvgIpc) is 2.27. The molecule has 0 atom stereocenters. The Morgan fingerprint density at radius 1 is 1.00 bits per heavy atom. The largest absolute Gasteiger partial charge is 0.497 e. The second kappa shape index (κ2) is 4.30. The average molecular weight is 241 g/mol. The van der Waals surface area contributed by atoms with Crippen LogP contribution < -0.4 is 4.74 Å². The first kappa shape index (κ1) is 10.6. The predicted octanol–water partition coefficient (Wildman–Crippen LogP) is 4.32. The summed E-state index contributed by atoms with van der Waals surface area (Å²) in [4.78, 5) is -0.475. The number of halogens is 2. The second-order valence-corrected chi connectivity index (χ2v) is 4.37. The molecule has 0 aromatic heterocycles. The summed E-state index contributed by atoms with van der Waals surface area (Å²) in [5, 5.41) is 2.23. The lowest BCUT2D eigenvalue weighted by atomic mass is 10.1. The van der Waals surface area contributed by atoms with Crippen LogP contribution in [-0.4, -0.2) is 7.11 Å². The van der Waals surface area contributed by atoms with Gasteiger partial charge in [-0.25, -0.2) is 0 Å². The first-order valence-corrected chi connectivity index (χ1v) is 5.44. The summed E-state index contributed by atoms with van der Waals surface area (Å²) >= 11 is 11.6. The van der Waals surface area contributed by atoms with Gasteiger partial charge in [-0.3, -0.25) is 0 Å². The van der Waals surface area contributed by atoms with E-state index in [1.54, 1.807) is 7.11 Å². The maximum atomic E-state index is 5.80. The minimum atomic E-state index is -0.475. The SMILES string of the molecule is COc1ccc2cc(C(Cl)Cl)ccc2c1. The van der Waals surface area contributed by atoms with Gasteiger partial charge in [-0.1, -0.05) is 18.2 Å². The molecule has 0 aliphatic rings. The van der Waals surface area contributed by atoms with E-state index in [2.05, 4.69) is 0 Å². The third kappa shape index (κ3) is 2.19. The summed E-state index contributed by atoms with van der Waals surface area (Å²) in [6, 6.07) is 11.8. The van der Waals surface area contributed by atoms with E-state index in [4.69, 9.17) is 27.9 Å². The molecule has 2 rings (SSSR count). The highest BCUT2D eigenvalue weighted by Gasteiger charge is 2.04. The van der Waals surface area contributed by atoms with Gasteiger partial charge in [-0.05, 0) is 34.5 Å². The van der Waals surface area contributed by atoms with Crippen molar-refractivity contribution in [1.29, 1.82) is 0 Å². The van der Waals surface area contributed by atoms with Crippen LogP contribution >= 0.6 is 23.2 Å². The lowest BCUT2D eigenvalue weighted by Crippen LogP contribution is -1.84. The zero-order valence-electron chi connectivity index (χ0n) is 8.21. The van der Waals surface area contributed by atoms with Gasteiger partial charge in [0.05, 0.1) is 7.11 Å². The normalized spacial score (nSPS) is 10.9. The summed E-state index contributed by atoms with van der Waals surface area (Å²) in [5.74, 6) is 0.851. The molecule has 0 unspecified atom stereocenters. The first-order valence-electron chi connectivity index (χ1n) is 4.56. The van der Waals surface area contributed by atoms with Crippen LogP contribution in [0.4, 0.5) is 0 Å². The molecule has 78 valence electrons. The highest BCUT2D eigenvalue weighted by molar-refractivity contribution is 6.44. The number of methoxy groups -OCH3 is 1. The van der Waals surface area contributed by atoms with Gasteiger partial charge in [0.15, 0.2) is 0 Å². The number of benzene rings is 2. The highest BCUT2D eigenvalue weighted by Crippen LogP contribution is 2.29. The standard InChI is InChI=1S/C12H10Cl2O/c1-15-11-5-4-8-6-10(12(13)14)3-2-9(8)7-11/h2-7,12H,1H3. The molecule has 0 N–H and O–H groups in total. The summed E-state index contributed by atoms with van der Waals surface area (Å²) in [6.07, 6.45) is 0. The lowest BCUT2D eigenvalue weighted by Gasteiger charge is -2.05. The zero-order valence-corrected chi connectivity index (χ0v) is 9.72. The molecular formula is C12H10Cl2O. The second-order valence-electron chi connectivity index (χ2n) is 3.27. The molecule has 0 aliphatic carbocycles. The Morgan fingerprint density at radius 3 is 2.33 bits per heavy atom. The zero-order chi connectivity index (χ0) is 10.8. The van der Waals surface area contributed by atoms with Crippen molar-refractivity contribution in [2.75, 3.05) is 7.11 Å². The third-order valence-electron chi connectivity index (χ3n) is 2.32. The van der Waals surface area contributed by atoms with Crippen LogP contribution in [0.25, 0.3) is 10.8 Å². The molecule has 0 amide bonds. The van der Waals surface area contributed by atoms with Gasteiger partial charge in [0, 0.05) is 0 Å². The molecule has 0 saturated heterocycles. The summed E-state index contributed by atoms with van der Waals surface area (Å²) in [5.41, 5.74) is 0.913. The van der Waals surface area contributed by atoms with Crippen molar-refractivity contribution >= 4 is 34.0 Å². The maximum absolute atomic E-state index is 5.80. The Hall–Kier alpha value is -0.920. The molecule has 0 bridgehead atoms. The van der Waals surface area contributed by atoms with Crippen LogP contribution in [0.2, 0.25) is 0 Å². The minimum Gasteiger partial charge on any atom is -0.497 e. The quantitative estimate of drug-likeness (QED) is 0.711. The van der Waals surface area contributed by atoms with Gasteiger partial charge in [0.2, 0.25) is 0 Å². The number of ether oxygens (including phenoxy) is 1. The number of rotatable bonds is 2. The molecule has 0 heterocycles. The fourth-order valence-electron chi connectivity index (χ4n) is 1.51. The minimum absolute atomic E-state index is 0.475. The molecule has 1 nitrogen and oxygen atoms in total. The van der Waals surface area contributed by atoms with Gasteiger partial charge < -0.3 is 4.74 Å². The Bertz CT molecular complexity index is 480. The topological polar surface area (TPSA) is 9.23 Å². The first-order chi connectivity index (χ1) is 7.20. The molecule has 3 heteroatoms. The van der Waals surface area contributed by atoms with Crippen molar-refractivity contribution in [2.24, 2.45) is 0 Å². The fourth-order valence-corrected chi connectivity index (χ4v) is 1.78. The Morgan fingerprint density at radius 2 is 1.67 bits per heavy atom.